The van der Waals surface area contributed by atoms with Gasteiger partial charge in [-0.2, -0.15) is 0 Å². The number of carbonyl (C=O) groups is 2. The van der Waals surface area contributed by atoms with Crippen molar-refractivity contribution < 1.29 is 18.7 Å². The zero-order valence-electron chi connectivity index (χ0n) is 11.1. The van der Waals surface area contributed by atoms with E-state index in [9.17, 15) is 14.0 Å². The zero-order chi connectivity index (χ0) is 15.1. The van der Waals surface area contributed by atoms with E-state index in [-0.39, 0.29) is 25.3 Å². The van der Waals surface area contributed by atoms with Crippen molar-refractivity contribution in [1.82, 2.24) is 4.90 Å². The van der Waals surface area contributed by atoms with Crippen LogP contribution in [0.1, 0.15) is 17.3 Å². The molecule has 1 aromatic carbocycles. The minimum atomic E-state index is -0.651. The first-order valence-corrected chi connectivity index (χ1v) is 6.80. The molecular weight excluding hydrogens is 329 g/mol. The Bertz CT molecular complexity index is 499. The molecule has 0 saturated heterocycles. The average Bonchev–Trinajstić information content (AvgIpc) is 2.38. The molecule has 1 aromatic rings. The molecule has 0 heterocycles. The van der Waals surface area contributed by atoms with Gasteiger partial charge in [0.05, 0.1) is 12.2 Å². The van der Waals surface area contributed by atoms with Crippen molar-refractivity contribution in [2.24, 2.45) is 0 Å². The van der Waals surface area contributed by atoms with Crippen molar-refractivity contribution >= 4 is 27.8 Å². The van der Waals surface area contributed by atoms with Gasteiger partial charge in [-0.05, 0) is 35.0 Å². The van der Waals surface area contributed by atoms with Crippen molar-refractivity contribution in [3.05, 3.63) is 46.7 Å². The van der Waals surface area contributed by atoms with Crippen molar-refractivity contribution in [3.8, 4) is 0 Å². The summed E-state index contributed by atoms with van der Waals surface area (Å²) in [6, 6.07) is 4.24. The van der Waals surface area contributed by atoms with Crippen LogP contribution in [0.3, 0.4) is 0 Å². The summed E-state index contributed by atoms with van der Waals surface area (Å²) in [4.78, 5) is 25.0. The number of hydrogen-bond acceptors (Lipinski definition) is 3. The van der Waals surface area contributed by atoms with Gasteiger partial charge in [-0.1, -0.05) is 12.1 Å². The van der Waals surface area contributed by atoms with Crippen LogP contribution in [0, 0.1) is 5.82 Å². The molecule has 0 N–H and O–H groups in total. The molecule has 108 valence electrons. The summed E-state index contributed by atoms with van der Waals surface area (Å²) in [6.45, 7) is 5.29. The summed E-state index contributed by atoms with van der Waals surface area (Å²) in [5.74, 6) is -1.79. The molecule has 6 heteroatoms. The van der Waals surface area contributed by atoms with Crippen LogP contribution in [0.4, 0.5) is 4.39 Å². The first-order valence-electron chi connectivity index (χ1n) is 6.01. The highest BCUT2D eigenvalue weighted by Gasteiger charge is 2.23. The number of ether oxygens (including phenoxy) is 1. The maximum atomic E-state index is 13.8. The summed E-state index contributed by atoms with van der Waals surface area (Å²) in [5, 5.41) is 0. The normalized spacial score (nSPS) is 9.95. The minimum absolute atomic E-state index is 0.112. The number of amides is 1. The number of benzene rings is 1. The second kappa shape index (κ2) is 7.79. The van der Waals surface area contributed by atoms with Gasteiger partial charge >= 0.3 is 5.97 Å². The molecule has 20 heavy (non-hydrogen) atoms. The summed E-state index contributed by atoms with van der Waals surface area (Å²) >= 11 is 3.13. The Balaban J connectivity index is 2.99. The van der Waals surface area contributed by atoms with E-state index >= 15 is 0 Å². The number of esters is 1. The van der Waals surface area contributed by atoms with Crippen molar-refractivity contribution in [2.75, 3.05) is 19.7 Å². The third-order valence-corrected chi connectivity index (χ3v) is 3.10. The lowest BCUT2D eigenvalue weighted by Gasteiger charge is -2.21. The maximum Gasteiger partial charge on any atom is 0.325 e. The average molecular weight is 344 g/mol. The van der Waals surface area contributed by atoms with Crippen LogP contribution in [0.2, 0.25) is 0 Å². The largest absolute Gasteiger partial charge is 0.465 e. The Morgan fingerprint density at radius 3 is 2.75 bits per heavy atom. The molecule has 0 fully saturated rings. The van der Waals surface area contributed by atoms with Crippen LogP contribution in [-0.4, -0.2) is 36.5 Å². The van der Waals surface area contributed by atoms with Gasteiger partial charge in [0, 0.05) is 11.0 Å². The number of rotatable bonds is 6. The van der Waals surface area contributed by atoms with Gasteiger partial charge in [0.1, 0.15) is 12.4 Å². The first kappa shape index (κ1) is 16.4. The van der Waals surface area contributed by atoms with E-state index in [0.717, 1.165) is 0 Å². The van der Waals surface area contributed by atoms with E-state index in [1.165, 1.54) is 23.1 Å². The highest BCUT2D eigenvalue weighted by Crippen LogP contribution is 2.21. The molecule has 4 nitrogen and oxygen atoms in total. The van der Waals surface area contributed by atoms with Crippen molar-refractivity contribution in [2.45, 2.75) is 6.92 Å². The van der Waals surface area contributed by atoms with Crippen molar-refractivity contribution in [1.29, 1.82) is 0 Å². The molecule has 1 rings (SSSR count). The van der Waals surface area contributed by atoms with Crippen LogP contribution in [0.15, 0.2) is 35.3 Å². The lowest BCUT2D eigenvalue weighted by Crippen LogP contribution is -2.37. The zero-order valence-corrected chi connectivity index (χ0v) is 12.7. The minimum Gasteiger partial charge on any atom is -0.465 e. The Labute approximate surface area is 125 Å². The topological polar surface area (TPSA) is 46.6 Å². The highest BCUT2D eigenvalue weighted by molar-refractivity contribution is 9.10. The number of carbonyl (C=O) groups excluding carboxylic acids is 2. The second-order valence-corrected chi connectivity index (χ2v) is 4.73. The molecule has 0 spiro atoms. The second-order valence-electron chi connectivity index (χ2n) is 3.88. The lowest BCUT2D eigenvalue weighted by molar-refractivity contribution is -0.143. The van der Waals surface area contributed by atoms with Gasteiger partial charge in [0.15, 0.2) is 0 Å². The Morgan fingerprint density at radius 1 is 1.50 bits per heavy atom. The van der Waals surface area contributed by atoms with Crippen LogP contribution in [0.5, 0.6) is 0 Å². The van der Waals surface area contributed by atoms with Gasteiger partial charge < -0.3 is 9.64 Å². The summed E-state index contributed by atoms with van der Waals surface area (Å²) in [5.41, 5.74) is -0.112. The molecule has 0 aliphatic heterocycles. The Hall–Kier alpha value is -1.69. The number of halogens is 2. The van der Waals surface area contributed by atoms with E-state index in [1.54, 1.807) is 13.0 Å². The van der Waals surface area contributed by atoms with Crippen molar-refractivity contribution in [3.63, 3.8) is 0 Å². The molecule has 0 atom stereocenters. The van der Waals surface area contributed by atoms with Gasteiger partial charge in [0.2, 0.25) is 0 Å². The van der Waals surface area contributed by atoms with Crippen LogP contribution in [0.25, 0.3) is 0 Å². The van der Waals surface area contributed by atoms with E-state index in [2.05, 4.69) is 22.5 Å². The molecule has 0 aromatic heterocycles. The molecule has 0 radical (unpaired) electrons. The Morgan fingerprint density at radius 2 is 2.20 bits per heavy atom. The van der Waals surface area contributed by atoms with Crippen LogP contribution < -0.4 is 0 Å². The maximum absolute atomic E-state index is 13.8. The Kier molecular flexibility index (Phi) is 6.38. The predicted octanol–water partition coefficient (Wildman–Crippen LogP) is 2.78. The SMILES string of the molecule is C=CCN(CC(=O)OCC)C(=O)c1c(F)cccc1Br. The smallest absolute Gasteiger partial charge is 0.325 e. The third-order valence-electron chi connectivity index (χ3n) is 2.44. The monoisotopic (exact) mass is 343 g/mol. The van der Waals surface area contributed by atoms with E-state index in [4.69, 9.17) is 4.74 Å². The van der Waals surface area contributed by atoms with Gasteiger partial charge in [0.25, 0.3) is 5.91 Å². The van der Waals surface area contributed by atoms with Gasteiger partial charge in [-0.3, -0.25) is 9.59 Å². The van der Waals surface area contributed by atoms with E-state index in [1.807, 2.05) is 0 Å². The summed E-state index contributed by atoms with van der Waals surface area (Å²) in [7, 11) is 0. The lowest BCUT2D eigenvalue weighted by atomic mass is 10.2. The van der Waals surface area contributed by atoms with Gasteiger partial charge in [-0.15, -0.1) is 6.58 Å². The molecule has 1 amide bonds. The summed E-state index contributed by atoms with van der Waals surface area (Å²) < 4.78 is 18.9. The van der Waals surface area contributed by atoms with E-state index < -0.39 is 17.7 Å². The molecular formula is C14H15BrFNO3. The molecule has 0 aliphatic rings. The van der Waals surface area contributed by atoms with Crippen LogP contribution in [-0.2, 0) is 9.53 Å². The summed E-state index contributed by atoms with van der Waals surface area (Å²) in [6.07, 6.45) is 1.46. The van der Waals surface area contributed by atoms with E-state index in [0.29, 0.717) is 4.47 Å². The standard InChI is InChI=1S/C14H15BrFNO3/c1-3-8-17(9-12(18)20-4-2)14(19)13-10(15)6-5-7-11(13)16/h3,5-7H,1,4,8-9H2,2H3. The predicted molar refractivity (Wildman–Crippen MR) is 76.8 cm³/mol. The van der Waals surface area contributed by atoms with Gasteiger partial charge in [-0.25, -0.2) is 4.39 Å². The fraction of sp³-hybridized carbons (Fsp3) is 0.286. The fourth-order valence-corrected chi connectivity index (χ4v) is 2.11. The molecule has 0 saturated carbocycles. The molecule has 0 bridgehead atoms. The first-order chi connectivity index (χ1) is 9.51. The number of nitrogens with zero attached hydrogens (tertiary/aromatic N) is 1. The third kappa shape index (κ3) is 4.16. The molecule has 0 unspecified atom stereocenters. The molecule has 0 aliphatic carbocycles. The quantitative estimate of drug-likeness (QED) is 0.589. The highest BCUT2D eigenvalue weighted by atomic mass is 79.9. The fourth-order valence-electron chi connectivity index (χ4n) is 1.60. The number of hydrogen-bond donors (Lipinski definition) is 0. The van der Waals surface area contributed by atoms with Crippen LogP contribution >= 0.6 is 15.9 Å².